The Morgan fingerprint density at radius 3 is 2.36 bits per heavy atom. The van der Waals surface area contributed by atoms with E-state index in [0.717, 1.165) is 28.4 Å². The van der Waals surface area contributed by atoms with Crippen LogP contribution in [0.25, 0.3) is 11.0 Å². The Morgan fingerprint density at radius 2 is 1.64 bits per heavy atom. The van der Waals surface area contributed by atoms with E-state index in [0.29, 0.717) is 17.9 Å². The third kappa shape index (κ3) is 3.48. The molecule has 0 atom stereocenters. The highest BCUT2D eigenvalue weighted by molar-refractivity contribution is 5.86. The number of rotatable bonds is 5. The topological polar surface area (TPSA) is 27.1 Å². The second-order valence-electron chi connectivity index (χ2n) is 6.85. The Morgan fingerprint density at radius 1 is 0.929 bits per heavy atom. The van der Waals surface area contributed by atoms with Gasteiger partial charge >= 0.3 is 0 Å². The van der Waals surface area contributed by atoms with E-state index in [9.17, 15) is 8.78 Å². The number of hydrogen-bond donors (Lipinski definition) is 0. The molecule has 3 nitrogen and oxygen atoms in total. The van der Waals surface area contributed by atoms with Crippen molar-refractivity contribution in [3.05, 3.63) is 94.8 Å². The molecule has 0 amide bonds. The number of benzene rings is 2. The largest absolute Gasteiger partial charge is 0.487 e. The summed E-state index contributed by atoms with van der Waals surface area (Å²) in [6.45, 7) is 4.86. The summed E-state index contributed by atoms with van der Waals surface area (Å²) in [6, 6.07) is 15.4. The van der Waals surface area contributed by atoms with Crippen molar-refractivity contribution in [1.29, 1.82) is 0 Å². The second-order valence-corrected chi connectivity index (χ2v) is 6.85. The van der Waals surface area contributed by atoms with Crippen molar-refractivity contribution in [1.82, 2.24) is 9.55 Å². The van der Waals surface area contributed by atoms with Crippen molar-refractivity contribution >= 4 is 11.0 Å². The van der Waals surface area contributed by atoms with Crippen LogP contribution in [0.4, 0.5) is 8.78 Å². The summed E-state index contributed by atoms with van der Waals surface area (Å²) in [5.74, 6) is -0.586. The fourth-order valence-corrected chi connectivity index (χ4v) is 3.45. The molecule has 0 bridgehead atoms. The molecule has 2 aromatic heterocycles. The molecule has 28 heavy (non-hydrogen) atoms. The van der Waals surface area contributed by atoms with E-state index in [2.05, 4.69) is 28.6 Å². The molecule has 0 aliphatic rings. The summed E-state index contributed by atoms with van der Waals surface area (Å²) in [6.07, 6.45) is 1.70. The minimum atomic E-state index is -0.613. The van der Waals surface area contributed by atoms with E-state index in [1.165, 1.54) is 17.7 Å². The van der Waals surface area contributed by atoms with Gasteiger partial charge < -0.3 is 9.30 Å². The summed E-state index contributed by atoms with van der Waals surface area (Å²) in [5, 5.41) is 0. The molecule has 4 rings (SSSR count). The molecule has 0 aliphatic heterocycles. The van der Waals surface area contributed by atoms with Crippen LogP contribution >= 0.6 is 0 Å². The first-order chi connectivity index (χ1) is 13.5. The van der Waals surface area contributed by atoms with E-state index >= 15 is 0 Å². The molecular weight excluding hydrogens is 358 g/mol. The quantitative estimate of drug-likeness (QED) is 0.455. The zero-order chi connectivity index (χ0) is 19.7. The molecule has 0 spiro atoms. The van der Waals surface area contributed by atoms with Gasteiger partial charge in [-0.3, -0.25) is 4.98 Å². The predicted octanol–water partition coefficient (Wildman–Crippen LogP) is 5.56. The Kier molecular flexibility index (Phi) is 4.82. The number of hydrogen-bond acceptors (Lipinski definition) is 2. The molecule has 0 aliphatic carbocycles. The summed E-state index contributed by atoms with van der Waals surface area (Å²) in [5.41, 5.74) is 5.57. The molecule has 0 saturated heterocycles. The summed E-state index contributed by atoms with van der Waals surface area (Å²) in [4.78, 5) is 4.53. The predicted molar refractivity (Wildman–Crippen MR) is 105 cm³/mol. The SMILES string of the molecule is Cc1c(C)n(Cc2ccccc2)c2c(OCc3cc(F)cc(F)c3)ccnc12. The van der Waals surface area contributed by atoms with E-state index < -0.39 is 11.6 Å². The smallest absolute Gasteiger partial charge is 0.147 e. The van der Waals surface area contributed by atoms with E-state index in [1.54, 1.807) is 12.3 Å². The van der Waals surface area contributed by atoms with Crippen LogP contribution in [0.2, 0.25) is 0 Å². The van der Waals surface area contributed by atoms with Crippen molar-refractivity contribution in [3.8, 4) is 5.75 Å². The third-order valence-corrected chi connectivity index (χ3v) is 4.96. The number of fused-ring (bicyclic) bond motifs is 1. The maximum atomic E-state index is 13.5. The number of aryl methyl sites for hydroxylation is 1. The minimum Gasteiger partial charge on any atom is -0.487 e. The normalized spacial score (nSPS) is 11.1. The average Bonchev–Trinajstić information content (AvgIpc) is 2.92. The molecule has 0 radical (unpaired) electrons. The average molecular weight is 378 g/mol. The van der Waals surface area contributed by atoms with Crippen LogP contribution in [0.3, 0.4) is 0 Å². The highest BCUT2D eigenvalue weighted by atomic mass is 19.1. The zero-order valence-corrected chi connectivity index (χ0v) is 15.7. The Balaban J connectivity index is 1.73. The molecule has 5 heteroatoms. The molecule has 0 unspecified atom stereocenters. The molecule has 0 fully saturated rings. The van der Waals surface area contributed by atoms with Gasteiger partial charge in [-0.05, 0) is 42.7 Å². The molecule has 2 heterocycles. The van der Waals surface area contributed by atoms with Gasteiger partial charge in [0.2, 0.25) is 0 Å². The maximum absolute atomic E-state index is 13.5. The fraction of sp³-hybridized carbons (Fsp3) is 0.174. The number of aromatic nitrogens is 2. The van der Waals surface area contributed by atoms with Crippen molar-refractivity contribution in [2.75, 3.05) is 0 Å². The van der Waals surface area contributed by atoms with Crippen LogP contribution in [-0.4, -0.2) is 9.55 Å². The van der Waals surface area contributed by atoms with Crippen LogP contribution in [0.1, 0.15) is 22.4 Å². The first-order valence-electron chi connectivity index (χ1n) is 9.09. The van der Waals surface area contributed by atoms with E-state index in [-0.39, 0.29) is 6.61 Å². The first kappa shape index (κ1) is 18.2. The van der Waals surface area contributed by atoms with Gasteiger partial charge in [0.15, 0.2) is 0 Å². The van der Waals surface area contributed by atoms with Crippen LogP contribution < -0.4 is 4.74 Å². The van der Waals surface area contributed by atoms with Crippen LogP contribution in [0.5, 0.6) is 5.75 Å². The van der Waals surface area contributed by atoms with Crippen LogP contribution in [0.15, 0.2) is 60.8 Å². The van der Waals surface area contributed by atoms with Crippen LogP contribution in [0, 0.1) is 25.5 Å². The lowest BCUT2D eigenvalue weighted by Gasteiger charge is -2.13. The standard InChI is InChI=1S/C23H20F2N2O/c1-15-16(2)27(13-17-6-4-3-5-7-17)23-21(8-9-26-22(15)23)28-14-18-10-19(24)12-20(25)11-18/h3-12H,13-14H2,1-2H3. The summed E-state index contributed by atoms with van der Waals surface area (Å²) >= 11 is 0. The lowest BCUT2D eigenvalue weighted by molar-refractivity contribution is 0.307. The monoisotopic (exact) mass is 378 g/mol. The number of nitrogens with zero attached hydrogens (tertiary/aromatic N) is 2. The van der Waals surface area contributed by atoms with Gasteiger partial charge in [-0.2, -0.15) is 0 Å². The first-order valence-corrected chi connectivity index (χ1v) is 9.09. The second kappa shape index (κ2) is 7.43. The Labute approximate surface area is 162 Å². The summed E-state index contributed by atoms with van der Waals surface area (Å²) in [7, 11) is 0. The summed E-state index contributed by atoms with van der Waals surface area (Å²) < 4.78 is 35.1. The molecule has 2 aromatic carbocycles. The third-order valence-electron chi connectivity index (χ3n) is 4.96. The van der Waals surface area contributed by atoms with Gasteiger partial charge in [-0.1, -0.05) is 30.3 Å². The molecule has 0 saturated carbocycles. The fourth-order valence-electron chi connectivity index (χ4n) is 3.45. The highest BCUT2D eigenvalue weighted by Gasteiger charge is 2.17. The van der Waals surface area contributed by atoms with Crippen molar-refractivity contribution < 1.29 is 13.5 Å². The van der Waals surface area contributed by atoms with Gasteiger partial charge in [0.1, 0.15) is 29.5 Å². The van der Waals surface area contributed by atoms with Crippen molar-refractivity contribution in [3.63, 3.8) is 0 Å². The number of halogens is 2. The molecule has 142 valence electrons. The minimum absolute atomic E-state index is 0.0718. The zero-order valence-electron chi connectivity index (χ0n) is 15.7. The molecular formula is C23H20F2N2O. The lowest BCUT2D eigenvalue weighted by Crippen LogP contribution is -2.04. The number of ether oxygens (including phenoxy) is 1. The molecule has 4 aromatic rings. The lowest BCUT2D eigenvalue weighted by atomic mass is 10.2. The van der Waals surface area contributed by atoms with Crippen molar-refractivity contribution in [2.24, 2.45) is 0 Å². The van der Waals surface area contributed by atoms with E-state index in [4.69, 9.17) is 4.74 Å². The van der Waals surface area contributed by atoms with Gasteiger partial charge in [0.05, 0.1) is 5.52 Å². The highest BCUT2D eigenvalue weighted by Crippen LogP contribution is 2.32. The van der Waals surface area contributed by atoms with Gasteiger partial charge in [-0.15, -0.1) is 0 Å². The van der Waals surface area contributed by atoms with Gasteiger partial charge in [0.25, 0.3) is 0 Å². The van der Waals surface area contributed by atoms with Crippen molar-refractivity contribution in [2.45, 2.75) is 27.0 Å². The Hall–Kier alpha value is -3.21. The van der Waals surface area contributed by atoms with Gasteiger partial charge in [-0.25, -0.2) is 8.78 Å². The molecule has 0 N–H and O–H groups in total. The Bertz CT molecular complexity index is 1120. The van der Waals surface area contributed by atoms with Crippen LogP contribution in [-0.2, 0) is 13.2 Å². The van der Waals surface area contributed by atoms with E-state index in [1.807, 2.05) is 25.1 Å². The maximum Gasteiger partial charge on any atom is 0.147 e. The number of pyridine rings is 1. The van der Waals surface area contributed by atoms with Gasteiger partial charge in [0, 0.05) is 30.6 Å².